The van der Waals surface area contributed by atoms with E-state index in [9.17, 15) is 14.4 Å². The van der Waals surface area contributed by atoms with Gasteiger partial charge in [0.1, 0.15) is 6.04 Å². The second kappa shape index (κ2) is 6.53. The zero-order valence-corrected chi connectivity index (χ0v) is 11.1. The Balaban J connectivity index is 2.57. The molecule has 6 heteroatoms. The fourth-order valence-corrected chi connectivity index (χ4v) is 1.43. The lowest BCUT2D eigenvalue weighted by Gasteiger charge is -2.13. The number of likely N-dealkylation sites (N-methyl/N-ethyl adjacent to an activating group) is 1. The summed E-state index contributed by atoms with van der Waals surface area (Å²) >= 11 is 0. The summed E-state index contributed by atoms with van der Waals surface area (Å²) in [6, 6.07) is 5.40. The van der Waals surface area contributed by atoms with Crippen LogP contribution in [0.2, 0.25) is 0 Å². The molecule has 3 N–H and O–H groups in total. The monoisotopic (exact) mass is 263 g/mol. The summed E-state index contributed by atoms with van der Waals surface area (Å²) in [5.41, 5.74) is 1.12. The second-order valence-corrected chi connectivity index (χ2v) is 4.07. The van der Waals surface area contributed by atoms with E-state index in [1.165, 1.54) is 14.0 Å². The third-order valence-electron chi connectivity index (χ3n) is 2.54. The number of hydrogen-bond donors (Lipinski definition) is 3. The van der Waals surface area contributed by atoms with Crippen molar-refractivity contribution in [2.24, 2.45) is 0 Å². The van der Waals surface area contributed by atoms with E-state index in [1.807, 2.05) is 0 Å². The smallest absolute Gasteiger partial charge is 0.319 e. The van der Waals surface area contributed by atoms with Gasteiger partial charge < -0.3 is 16.0 Å². The molecule has 0 spiro atoms. The van der Waals surface area contributed by atoms with Crippen molar-refractivity contribution < 1.29 is 14.4 Å². The maximum absolute atomic E-state index is 11.6. The molecular weight excluding hydrogens is 246 g/mol. The van der Waals surface area contributed by atoms with Crippen LogP contribution in [0.4, 0.5) is 10.5 Å². The molecule has 1 atom stereocenters. The predicted octanol–water partition coefficient (Wildman–Crippen LogP) is 1.15. The number of nitrogens with one attached hydrogen (secondary N) is 3. The van der Waals surface area contributed by atoms with Crippen molar-refractivity contribution >= 4 is 23.4 Å². The summed E-state index contributed by atoms with van der Waals surface area (Å²) in [5.74, 6) is -0.314. The fraction of sp³-hybridized carbons (Fsp3) is 0.308. The Bertz CT molecular complexity index is 482. The van der Waals surface area contributed by atoms with E-state index in [4.69, 9.17) is 0 Å². The standard InChI is InChI=1S/C13H17N3O3/c1-8(12(18)14-3)15-13(19)16-11-6-4-10(5-7-11)9(2)17/h4-8H,1-3H3,(H,14,18)(H2,15,16,19). The molecule has 0 aliphatic rings. The average molecular weight is 263 g/mol. The van der Waals surface area contributed by atoms with Crippen LogP contribution in [0.15, 0.2) is 24.3 Å². The van der Waals surface area contributed by atoms with Gasteiger partial charge >= 0.3 is 6.03 Å². The van der Waals surface area contributed by atoms with Gasteiger partial charge in [-0.15, -0.1) is 0 Å². The van der Waals surface area contributed by atoms with Crippen LogP contribution in [-0.2, 0) is 4.79 Å². The molecule has 0 aliphatic heterocycles. The van der Waals surface area contributed by atoms with Crippen LogP contribution >= 0.6 is 0 Å². The third-order valence-corrected chi connectivity index (χ3v) is 2.54. The zero-order chi connectivity index (χ0) is 14.4. The summed E-state index contributed by atoms with van der Waals surface area (Å²) < 4.78 is 0. The van der Waals surface area contributed by atoms with E-state index in [2.05, 4.69) is 16.0 Å². The molecule has 1 rings (SSSR count). The molecule has 0 aromatic heterocycles. The van der Waals surface area contributed by atoms with Crippen LogP contribution < -0.4 is 16.0 Å². The molecule has 1 unspecified atom stereocenters. The first-order valence-electron chi connectivity index (χ1n) is 5.84. The van der Waals surface area contributed by atoms with Crippen LogP contribution in [0.3, 0.4) is 0 Å². The molecular formula is C13H17N3O3. The van der Waals surface area contributed by atoms with Crippen LogP contribution in [0.25, 0.3) is 0 Å². The van der Waals surface area contributed by atoms with E-state index < -0.39 is 12.1 Å². The molecule has 19 heavy (non-hydrogen) atoms. The highest BCUT2D eigenvalue weighted by molar-refractivity contribution is 5.96. The number of Topliss-reactive ketones (excluding diaryl/α,β-unsaturated/α-hetero) is 1. The Kier molecular flexibility index (Phi) is 5.05. The van der Waals surface area contributed by atoms with Gasteiger partial charge in [0.05, 0.1) is 0 Å². The molecule has 6 nitrogen and oxygen atoms in total. The van der Waals surface area contributed by atoms with E-state index in [1.54, 1.807) is 31.2 Å². The topological polar surface area (TPSA) is 87.3 Å². The molecule has 0 bridgehead atoms. The Morgan fingerprint density at radius 3 is 2.16 bits per heavy atom. The van der Waals surface area contributed by atoms with E-state index in [0.29, 0.717) is 11.3 Å². The molecule has 1 aromatic rings. The highest BCUT2D eigenvalue weighted by atomic mass is 16.2. The van der Waals surface area contributed by atoms with Crippen molar-refractivity contribution in [3.63, 3.8) is 0 Å². The number of hydrogen-bond acceptors (Lipinski definition) is 3. The largest absolute Gasteiger partial charge is 0.357 e. The van der Waals surface area contributed by atoms with Gasteiger partial charge in [0, 0.05) is 18.3 Å². The minimum atomic E-state index is -0.624. The molecule has 0 saturated carbocycles. The van der Waals surface area contributed by atoms with Gasteiger partial charge in [0.15, 0.2) is 5.78 Å². The number of anilines is 1. The summed E-state index contributed by atoms with van der Waals surface area (Å²) in [5, 5.41) is 7.50. The van der Waals surface area contributed by atoms with Gasteiger partial charge in [0.25, 0.3) is 0 Å². The van der Waals surface area contributed by atoms with E-state index >= 15 is 0 Å². The summed E-state index contributed by atoms with van der Waals surface area (Å²) in [6.45, 7) is 3.05. The quantitative estimate of drug-likeness (QED) is 0.712. The van der Waals surface area contributed by atoms with Crippen molar-refractivity contribution in [3.05, 3.63) is 29.8 Å². The minimum absolute atomic E-state index is 0.0377. The maximum Gasteiger partial charge on any atom is 0.319 e. The molecule has 102 valence electrons. The first-order valence-corrected chi connectivity index (χ1v) is 5.84. The fourth-order valence-electron chi connectivity index (χ4n) is 1.43. The number of ketones is 1. The summed E-state index contributed by atoms with van der Waals surface area (Å²) in [7, 11) is 1.50. The Morgan fingerprint density at radius 2 is 1.68 bits per heavy atom. The minimum Gasteiger partial charge on any atom is -0.357 e. The molecule has 0 heterocycles. The molecule has 0 fully saturated rings. The van der Waals surface area contributed by atoms with E-state index in [-0.39, 0.29) is 11.7 Å². The van der Waals surface area contributed by atoms with Crippen LogP contribution in [0.5, 0.6) is 0 Å². The average Bonchev–Trinajstić information content (AvgIpc) is 2.38. The number of benzene rings is 1. The highest BCUT2D eigenvalue weighted by Crippen LogP contribution is 2.09. The number of amides is 3. The lowest BCUT2D eigenvalue weighted by Crippen LogP contribution is -2.45. The molecule has 3 amide bonds. The number of rotatable bonds is 4. The molecule has 0 radical (unpaired) electrons. The van der Waals surface area contributed by atoms with Crippen molar-refractivity contribution in [2.75, 3.05) is 12.4 Å². The Hall–Kier alpha value is -2.37. The van der Waals surface area contributed by atoms with Crippen LogP contribution in [-0.4, -0.2) is 30.8 Å². The molecule has 0 saturated heterocycles. The van der Waals surface area contributed by atoms with Gasteiger partial charge in [-0.05, 0) is 38.1 Å². The molecule has 0 aliphatic carbocycles. The Labute approximate surface area is 111 Å². The first-order chi connectivity index (χ1) is 8.93. The van der Waals surface area contributed by atoms with Gasteiger partial charge in [-0.2, -0.15) is 0 Å². The Morgan fingerprint density at radius 1 is 1.11 bits per heavy atom. The predicted molar refractivity (Wildman–Crippen MR) is 72.1 cm³/mol. The van der Waals surface area contributed by atoms with Gasteiger partial charge in [-0.3, -0.25) is 9.59 Å². The normalized spacial score (nSPS) is 11.3. The van der Waals surface area contributed by atoms with Crippen LogP contribution in [0.1, 0.15) is 24.2 Å². The molecule has 1 aromatic carbocycles. The van der Waals surface area contributed by atoms with Crippen molar-refractivity contribution in [1.82, 2.24) is 10.6 Å². The van der Waals surface area contributed by atoms with Gasteiger partial charge in [-0.1, -0.05) is 0 Å². The van der Waals surface area contributed by atoms with E-state index in [0.717, 1.165) is 0 Å². The van der Waals surface area contributed by atoms with Gasteiger partial charge in [0.2, 0.25) is 5.91 Å². The first kappa shape index (κ1) is 14.7. The number of carbonyl (C=O) groups is 3. The van der Waals surface area contributed by atoms with Crippen molar-refractivity contribution in [3.8, 4) is 0 Å². The number of carbonyl (C=O) groups excluding carboxylic acids is 3. The summed E-state index contributed by atoms with van der Waals surface area (Å²) in [4.78, 5) is 33.9. The lowest BCUT2D eigenvalue weighted by atomic mass is 10.1. The number of urea groups is 1. The van der Waals surface area contributed by atoms with Crippen LogP contribution in [0, 0.1) is 0 Å². The van der Waals surface area contributed by atoms with Crippen molar-refractivity contribution in [1.29, 1.82) is 0 Å². The van der Waals surface area contributed by atoms with Crippen molar-refractivity contribution in [2.45, 2.75) is 19.9 Å². The lowest BCUT2D eigenvalue weighted by molar-refractivity contribution is -0.122. The maximum atomic E-state index is 11.6. The van der Waals surface area contributed by atoms with Gasteiger partial charge in [-0.25, -0.2) is 4.79 Å². The highest BCUT2D eigenvalue weighted by Gasteiger charge is 2.13. The summed E-state index contributed by atoms with van der Waals surface area (Å²) in [6.07, 6.45) is 0. The third kappa shape index (κ3) is 4.42. The SMILES string of the molecule is CNC(=O)C(C)NC(=O)Nc1ccc(C(C)=O)cc1. The zero-order valence-electron chi connectivity index (χ0n) is 11.1. The second-order valence-electron chi connectivity index (χ2n) is 4.07.